The molecule has 0 unspecified atom stereocenters. The molecule has 2 fully saturated rings. The highest BCUT2D eigenvalue weighted by atomic mass is 32.2. The lowest BCUT2D eigenvalue weighted by Gasteiger charge is -2.34. The number of aliphatic carboxylic acids is 1. The zero-order valence-corrected chi connectivity index (χ0v) is 23.1. The van der Waals surface area contributed by atoms with E-state index < -0.39 is 27.4 Å². The number of aromatic nitrogens is 1. The van der Waals surface area contributed by atoms with Crippen molar-refractivity contribution in [1.29, 1.82) is 0 Å². The van der Waals surface area contributed by atoms with Crippen LogP contribution in [0.5, 0.6) is 11.6 Å². The van der Waals surface area contributed by atoms with Crippen LogP contribution in [0.25, 0.3) is 11.1 Å². The van der Waals surface area contributed by atoms with Crippen molar-refractivity contribution < 1.29 is 36.6 Å². The average molecular weight is 570 g/mol. The number of hydrogen-bond acceptors (Lipinski definition) is 6. The Hall–Kier alpha value is -3.53. The van der Waals surface area contributed by atoms with Crippen molar-refractivity contribution in [2.45, 2.75) is 57.0 Å². The SMILES string of the molecule is Cc1cc(OC2CC(S(C)(=O)=O)C2)cc(C)c1-c1cc(COc2cc3c(cn2)[C@H]2[C@@H](C3)[C@@H]2C(=O)O)c(F)cc1F. The van der Waals surface area contributed by atoms with E-state index in [1.165, 1.54) is 12.3 Å². The summed E-state index contributed by atoms with van der Waals surface area (Å²) in [6, 6.07) is 7.64. The molecule has 0 aliphatic heterocycles. The standard InChI is InChI=1S/C30H29F2NO6S/c1-14-4-18(39-19-9-20(10-19)40(3,36)37)5-15(2)27(14)21-7-17(24(31)11-25(21)32)13-38-26-8-16-6-22-28(23(16)12-33-26)29(22)30(34)35/h4-5,7-8,11-12,19-20,22,28-29H,6,9-10,13H2,1-3H3,(H,34,35)/t19?,20?,22-,28-,29+/m1/s1. The van der Waals surface area contributed by atoms with E-state index in [2.05, 4.69) is 4.98 Å². The van der Waals surface area contributed by atoms with E-state index in [1.807, 2.05) is 13.8 Å². The monoisotopic (exact) mass is 569 g/mol. The number of fused-ring (bicyclic) bond motifs is 3. The molecule has 0 saturated heterocycles. The molecule has 1 heterocycles. The van der Waals surface area contributed by atoms with Gasteiger partial charge in [-0.05, 0) is 72.2 Å². The lowest BCUT2D eigenvalue weighted by Crippen LogP contribution is -2.42. The molecular formula is C30H29F2NO6S. The molecule has 7 nitrogen and oxygen atoms in total. The summed E-state index contributed by atoms with van der Waals surface area (Å²) in [6.07, 6.45) is 4.23. The third kappa shape index (κ3) is 4.72. The van der Waals surface area contributed by atoms with E-state index in [9.17, 15) is 22.7 Å². The molecular weight excluding hydrogens is 540 g/mol. The Morgan fingerprint density at radius 1 is 1.07 bits per heavy atom. The van der Waals surface area contributed by atoms with Crippen molar-refractivity contribution >= 4 is 15.8 Å². The Balaban J connectivity index is 1.18. The minimum Gasteiger partial charge on any atom is -0.490 e. The second-order valence-corrected chi connectivity index (χ2v) is 13.6. The number of ether oxygens (including phenoxy) is 2. The average Bonchev–Trinajstić information content (AvgIpc) is 3.43. The van der Waals surface area contributed by atoms with E-state index >= 15 is 4.39 Å². The van der Waals surface area contributed by atoms with Crippen LogP contribution in [-0.2, 0) is 27.7 Å². The van der Waals surface area contributed by atoms with Gasteiger partial charge in [-0.25, -0.2) is 22.2 Å². The van der Waals surface area contributed by atoms with Gasteiger partial charge in [0, 0.05) is 54.5 Å². The lowest BCUT2D eigenvalue weighted by atomic mass is 9.93. The van der Waals surface area contributed by atoms with Gasteiger partial charge in [-0.1, -0.05) is 0 Å². The summed E-state index contributed by atoms with van der Waals surface area (Å²) in [6.45, 7) is 3.49. The molecule has 2 aromatic carbocycles. The van der Waals surface area contributed by atoms with Crippen LogP contribution >= 0.6 is 0 Å². The van der Waals surface area contributed by atoms with Crippen LogP contribution in [0.15, 0.2) is 36.5 Å². The Morgan fingerprint density at radius 3 is 2.42 bits per heavy atom. The van der Waals surface area contributed by atoms with Crippen molar-refractivity contribution in [1.82, 2.24) is 4.98 Å². The topological polar surface area (TPSA) is 103 Å². The first kappa shape index (κ1) is 26.7. The minimum atomic E-state index is -3.08. The number of benzene rings is 2. The summed E-state index contributed by atoms with van der Waals surface area (Å²) in [5, 5.41) is 8.92. The van der Waals surface area contributed by atoms with Crippen LogP contribution in [0.4, 0.5) is 8.78 Å². The van der Waals surface area contributed by atoms with Crippen LogP contribution in [0.2, 0.25) is 0 Å². The molecule has 3 aromatic rings. The Bertz CT molecular complexity index is 1630. The molecule has 1 aromatic heterocycles. The molecule has 3 aliphatic rings. The highest BCUT2D eigenvalue weighted by molar-refractivity contribution is 7.91. The third-order valence-corrected chi connectivity index (χ3v) is 10.1. The number of rotatable bonds is 8. The Morgan fingerprint density at radius 2 is 1.77 bits per heavy atom. The first-order valence-electron chi connectivity index (χ1n) is 13.2. The normalized spacial score (nSPS) is 24.6. The second kappa shape index (κ2) is 9.54. The summed E-state index contributed by atoms with van der Waals surface area (Å²) in [4.78, 5) is 15.6. The predicted molar refractivity (Wildman–Crippen MR) is 143 cm³/mol. The molecule has 0 amide bonds. The van der Waals surface area contributed by atoms with E-state index in [0.717, 1.165) is 28.3 Å². The van der Waals surface area contributed by atoms with Crippen LogP contribution < -0.4 is 9.47 Å². The fraction of sp³-hybridized carbons (Fsp3) is 0.400. The number of carboxylic acid groups (broad SMARTS) is 1. The van der Waals surface area contributed by atoms with Gasteiger partial charge in [0.25, 0.3) is 0 Å². The number of aryl methyl sites for hydroxylation is 2. The zero-order valence-electron chi connectivity index (χ0n) is 22.3. The van der Waals surface area contributed by atoms with Gasteiger partial charge in [-0.3, -0.25) is 4.79 Å². The van der Waals surface area contributed by atoms with E-state index in [4.69, 9.17) is 9.47 Å². The summed E-state index contributed by atoms with van der Waals surface area (Å²) in [5.74, 6) is -1.55. The maximum Gasteiger partial charge on any atom is 0.307 e. The highest BCUT2D eigenvalue weighted by Crippen LogP contribution is 2.61. The molecule has 0 bridgehead atoms. The predicted octanol–water partition coefficient (Wildman–Crippen LogP) is 5.15. The summed E-state index contributed by atoms with van der Waals surface area (Å²) in [7, 11) is -3.08. The molecule has 2 saturated carbocycles. The second-order valence-electron chi connectivity index (χ2n) is 11.3. The van der Waals surface area contributed by atoms with E-state index in [0.29, 0.717) is 36.5 Å². The molecule has 0 spiro atoms. The van der Waals surface area contributed by atoms with Crippen molar-refractivity contribution in [3.63, 3.8) is 0 Å². The molecule has 3 aliphatic carbocycles. The number of nitrogens with zero attached hydrogens (tertiary/aromatic N) is 1. The van der Waals surface area contributed by atoms with Gasteiger partial charge in [0.15, 0.2) is 9.84 Å². The van der Waals surface area contributed by atoms with Crippen LogP contribution in [0.1, 0.15) is 46.6 Å². The minimum absolute atomic E-state index is 0.00698. The fourth-order valence-corrected chi connectivity index (χ4v) is 7.43. The fourth-order valence-electron chi connectivity index (χ4n) is 6.30. The van der Waals surface area contributed by atoms with E-state index in [1.54, 1.807) is 24.4 Å². The zero-order chi connectivity index (χ0) is 28.5. The molecule has 6 rings (SSSR count). The summed E-state index contributed by atoms with van der Waals surface area (Å²) in [5.41, 5.74) is 4.45. The molecule has 3 atom stereocenters. The molecule has 0 radical (unpaired) electrons. The summed E-state index contributed by atoms with van der Waals surface area (Å²) < 4.78 is 64.9. The maximum absolute atomic E-state index is 15.0. The first-order chi connectivity index (χ1) is 18.9. The van der Waals surface area contributed by atoms with Crippen molar-refractivity contribution in [3.8, 4) is 22.8 Å². The van der Waals surface area contributed by atoms with E-state index in [-0.39, 0.29) is 46.8 Å². The van der Waals surface area contributed by atoms with Gasteiger partial charge < -0.3 is 14.6 Å². The summed E-state index contributed by atoms with van der Waals surface area (Å²) >= 11 is 0. The largest absolute Gasteiger partial charge is 0.490 e. The van der Waals surface area contributed by atoms with Crippen LogP contribution in [0, 0.1) is 37.3 Å². The molecule has 210 valence electrons. The van der Waals surface area contributed by atoms with Crippen molar-refractivity contribution in [2.75, 3.05) is 6.26 Å². The van der Waals surface area contributed by atoms with Crippen LogP contribution in [-0.4, -0.2) is 42.1 Å². The van der Waals surface area contributed by atoms with Crippen LogP contribution in [0.3, 0.4) is 0 Å². The van der Waals surface area contributed by atoms with Crippen molar-refractivity contribution in [2.24, 2.45) is 11.8 Å². The smallest absolute Gasteiger partial charge is 0.307 e. The number of hydrogen-bond donors (Lipinski definition) is 1. The number of carboxylic acids is 1. The first-order valence-corrected chi connectivity index (χ1v) is 15.2. The van der Waals surface area contributed by atoms with Gasteiger partial charge in [-0.2, -0.15) is 0 Å². The maximum atomic E-state index is 15.0. The quantitative estimate of drug-likeness (QED) is 0.400. The highest BCUT2D eigenvalue weighted by Gasteiger charge is 2.60. The molecule has 40 heavy (non-hydrogen) atoms. The third-order valence-electron chi connectivity index (χ3n) is 8.51. The van der Waals surface area contributed by atoms with Gasteiger partial charge in [0.1, 0.15) is 30.1 Å². The number of halogens is 2. The molecule has 1 N–H and O–H groups in total. The lowest BCUT2D eigenvalue weighted by molar-refractivity contribution is -0.139. The number of carbonyl (C=O) groups is 1. The molecule has 10 heteroatoms. The van der Waals surface area contributed by atoms with Crippen molar-refractivity contribution in [3.05, 3.63) is 76.0 Å². The van der Waals surface area contributed by atoms with Gasteiger partial charge >= 0.3 is 5.97 Å². The van der Waals surface area contributed by atoms with Gasteiger partial charge in [0.05, 0.1) is 11.2 Å². The Kier molecular flexibility index (Phi) is 6.36. The number of pyridine rings is 1. The number of sulfone groups is 1. The van der Waals surface area contributed by atoms with Gasteiger partial charge in [0.2, 0.25) is 5.88 Å². The van der Waals surface area contributed by atoms with Gasteiger partial charge in [-0.15, -0.1) is 0 Å². The Labute approximate surface area is 231 Å².